The summed E-state index contributed by atoms with van der Waals surface area (Å²) in [6, 6.07) is 10.2. The van der Waals surface area contributed by atoms with Crippen LogP contribution in [-0.2, 0) is 20.7 Å². The Bertz CT molecular complexity index is 466. The minimum Gasteiger partial charge on any atom is -0.461 e. The Balaban J connectivity index is 2.18. The monoisotopic (exact) mass is 275 g/mol. The first kappa shape index (κ1) is 16.0. The third-order valence-corrected chi connectivity index (χ3v) is 2.69. The molecule has 1 aromatic carbocycles. The van der Waals surface area contributed by atoms with Gasteiger partial charge in [-0.3, -0.25) is 9.59 Å². The summed E-state index contributed by atoms with van der Waals surface area (Å²) in [5.41, 5.74) is 2.23. The van der Waals surface area contributed by atoms with Gasteiger partial charge in [0.15, 0.2) is 0 Å². The topological polar surface area (TPSA) is 55.4 Å². The predicted molar refractivity (Wildman–Crippen MR) is 78.2 cm³/mol. The highest BCUT2D eigenvalue weighted by molar-refractivity contribution is 5.94. The third-order valence-electron chi connectivity index (χ3n) is 2.69. The van der Waals surface area contributed by atoms with Crippen molar-refractivity contribution in [1.82, 2.24) is 5.32 Å². The molecule has 0 saturated carbocycles. The van der Waals surface area contributed by atoms with Crippen molar-refractivity contribution >= 4 is 11.8 Å². The second kappa shape index (κ2) is 8.91. The molecule has 0 aliphatic carbocycles. The normalized spacial score (nSPS) is 11.0. The summed E-state index contributed by atoms with van der Waals surface area (Å²) in [4.78, 5) is 21.8. The number of carbonyl (C=O) groups excluding carboxylic acids is 2. The SMILES string of the molecule is CC(=O)CC(=O)OC/C=C(/C)NCCc1ccccc1. The Hall–Kier alpha value is -2.10. The molecule has 0 unspecified atom stereocenters. The average Bonchev–Trinajstić information content (AvgIpc) is 2.39. The van der Waals surface area contributed by atoms with Crippen molar-refractivity contribution in [3.05, 3.63) is 47.7 Å². The first-order chi connectivity index (χ1) is 9.58. The molecule has 0 atom stereocenters. The van der Waals surface area contributed by atoms with Crippen LogP contribution in [0.2, 0.25) is 0 Å². The van der Waals surface area contributed by atoms with E-state index in [1.807, 2.05) is 25.1 Å². The number of Topliss-reactive ketones (excluding diaryl/α,β-unsaturated/α-hetero) is 1. The molecule has 0 bridgehead atoms. The molecule has 4 nitrogen and oxygen atoms in total. The fourth-order valence-electron chi connectivity index (χ4n) is 1.63. The molecule has 1 rings (SSSR count). The van der Waals surface area contributed by atoms with Gasteiger partial charge in [0, 0.05) is 12.2 Å². The van der Waals surface area contributed by atoms with Gasteiger partial charge in [-0.25, -0.2) is 0 Å². The minimum absolute atomic E-state index is 0.158. The van der Waals surface area contributed by atoms with Crippen molar-refractivity contribution in [2.45, 2.75) is 26.7 Å². The maximum Gasteiger partial charge on any atom is 0.313 e. The maximum atomic E-state index is 11.1. The summed E-state index contributed by atoms with van der Waals surface area (Å²) in [6.45, 7) is 4.31. The van der Waals surface area contributed by atoms with Gasteiger partial charge in [-0.2, -0.15) is 0 Å². The summed E-state index contributed by atoms with van der Waals surface area (Å²) in [5.74, 6) is -0.664. The van der Waals surface area contributed by atoms with E-state index < -0.39 is 5.97 Å². The number of hydrogen-bond donors (Lipinski definition) is 1. The van der Waals surface area contributed by atoms with Crippen LogP contribution in [0.25, 0.3) is 0 Å². The quantitative estimate of drug-likeness (QED) is 0.584. The van der Waals surface area contributed by atoms with Gasteiger partial charge in [0.2, 0.25) is 0 Å². The van der Waals surface area contributed by atoms with Crippen LogP contribution in [-0.4, -0.2) is 24.9 Å². The molecule has 108 valence electrons. The molecule has 1 N–H and O–H groups in total. The number of ether oxygens (including phenoxy) is 1. The second-order valence-corrected chi connectivity index (χ2v) is 4.61. The van der Waals surface area contributed by atoms with Crippen molar-refractivity contribution in [2.75, 3.05) is 13.2 Å². The maximum absolute atomic E-state index is 11.1. The minimum atomic E-state index is -0.481. The molecule has 0 radical (unpaired) electrons. The molecule has 0 amide bonds. The van der Waals surface area contributed by atoms with Crippen molar-refractivity contribution in [3.63, 3.8) is 0 Å². The lowest BCUT2D eigenvalue weighted by Gasteiger charge is -2.07. The molecule has 0 aromatic heterocycles. The lowest BCUT2D eigenvalue weighted by Crippen LogP contribution is -2.16. The highest BCUT2D eigenvalue weighted by atomic mass is 16.5. The largest absolute Gasteiger partial charge is 0.461 e. The van der Waals surface area contributed by atoms with Gasteiger partial charge in [0.05, 0.1) is 0 Å². The van der Waals surface area contributed by atoms with Crippen LogP contribution in [0.15, 0.2) is 42.1 Å². The standard InChI is InChI=1S/C16H21NO3/c1-13(9-11-20-16(19)12-14(2)18)17-10-8-15-6-4-3-5-7-15/h3-7,9,17H,8,10-12H2,1-2H3/b13-9-. The van der Waals surface area contributed by atoms with Gasteiger partial charge in [-0.1, -0.05) is 30.3 Å². The van der Waals surface area contributed by atoms with E-state index in [1.165, 1.54) is 12.5 Å². The number of rotatable bonds is 8. The Morgan fingerprint density at radius 2 is 1.90 bits per heavy atom. The van der Waals surface area contributed by atoms with E-state index in [2.05, 4.69) is 17.4 Å². The van der Waals surface area contributed by atoms with Crippen molar-refractivity contribution < 1.29 is 14.3 Å². The lowest BCUT2D eigenvalue weighted by molar-refractivity contribution is -0.144. The van der Waals surface area contributed by atoms with E-state index in [0.717, 1.165) is 18.7 Å². The van der Waals surface area contributed by atoms with Crippen molar-refractivity contribution in [1.29, 1.82) is 0 Å². The van der Waals surface area contributed by atoms with Gasteiger partial charge in [-0.05, 0) is 31.9 Å². The van der Waals surface area contributed by atoms with Crippen LogP contribution in [0, 0.1) is 0 Å². The Morgan fingerprint density at radius 1 is 1.20 bits per heavy atom. The van der Waals surface area contributed by atoms with Crippen LogP contribution in [0.1, 0.15) is 25.8 Å². The average molecular weight is 275 g/mol. The summed E-state index contributed by atoms with van der Waals surface area (Å²) in [7, 11) is 0. The number of benzene rings is 1. The number of ketones is 1. The molecule has 1 aromatic rings. The van der Waals surface area contributed by atoms with Crippen LogP contribution in [0.3, 0.4) is 0 Å². The van der Waals surface area contributed by atoms with E-state index in [1.54, 1.807) is 6.08 Å². The van der Waals surface area contributed by atoms with E-state index in [0.29, 0.717) is 0 Å². The highest BCUT2D eigenvalue weighted by Gasteiger charge is 2.04. The predicted octanol–water partition coefficient (Wildman–Crippen LogP) is 2.24. The first-order valence-electron chi connectivity index (χ1n) is 6.67. The van der Waals surface area contributed by atoms with Crippen LogP contribution >= 0.6 is 0 Å². The second-order valence-electron chi connectivity index (χ2n) is 4.61. The summed E-state index contributed by atoms with van der Waals surface area (Å²) in [5, 5.41) is 3.25. The highest BCUT2D eigenvalue weighted by Crippen LogP contribution is 1.99. The zero-order chi connectivity index (χ0) is 14.8. The van der Waals surface area contributed by atoms with Gasteiger partial charge >= 0.3 is 5.97 Å². The molecule has 0 spiro atoms. The molecule has 0 fully saturated rings. The van der Waals surface area contributed by atoms with Crippen LogP contribution in [0.4, 0.5) is 0 Å². The first-order valence-corrected chi connectivity index (χ1v) is 6.67. The van der Waals surface area contributed by atoms with Crippen molar-refractivity contribution in [2.24, 2.45) is 0 Å². The van der Waals surface area contributed by atoms with Gasteiger partial charge in [-0.15, -0.1) is 0 Å². The molecule has 20 heavy (non-hydrogen) atoms. The summed E-state index contributed by atoms with van der Waals surface area (Å²) < 4.78 is 4.91. The number of allylic oxidation sites excluding steroid dienone is 1. The zero-order valence-electron chi connectivity index (χ0n) is 12.0. The molecule has 4 heteroatoms. The fraction of sp³-hybridized carbons (Fsp3) is 0.375. The summed E-state index contributed by atoms with van der Waals surface area (Å²) >= 11 is 0. The molecule has 0 saturated heterocycles. The van der Waals surface area contributed by atoms with Gasteiger partial charge in [0.25, 0.3) is 0 Å². The zero-order valence-corrected chi connectivity index (χ0v) is 12.0. The van der Waals surface area contributed by atoms with E-state index >= 15 is 0 Å². The fourth-order valence-corrected chi connectivity index (χ4v) is 1.63. The smallest absolute Gasteiger partial charge is 0.313 e. The van der Waals surface area contributed by atoms with Crippen LogP contribution in [0.5, 0.6) is 0 Å². The number of nitrogens with one attached hydrogen (secondary N) is 1. The Morgan fingerprint density at radius 3 is 2.55 bits per heavy atom. The lowest BCUT2D eigenvalue weighted by atomic mass is 10.1. The molecule has 0 heterocycles. The Labute approximate surface area is 119 Å². The molecular formula is C16H21NO3. The molecule has 0 aliphatic heterocycles. The van der Waals surface area contributed by atoms with E-state index in [-0.39, 0.29) is 18.8 Å². The Kier molecular flexibility index (Phi) is 7.11. The van der Waals surface area contributed by atoms with E-state index in [4.69, 9.17) is 4.74 Å². The summed E-state index contributed by atoms with van der Waals surface area (Å²) in [6.07, 6.45) is 2.58. The van der Waals surface area contributed by atoms with Crippen molar-refractivity contribution in [3.8, 4) is 0 Å². The number of carbonyl (C=O) groups is 2. The molecule has 0 aliphatic rings. The number of hydrogen-bond acceptors (Lipinski definition) is 4. The third kappa shape index (κ3) is 7.36. The van der Waals surface area contributed by atoms with Crippen LogP contribution < -0.4 is 5.32 Å². The van der Waals surface area contributed by atoms with Gasteiger partial charge < -0.3 is 10.1 Å². The van der Waals surface area contributed by atoms with Gasteiger partial charge in [0.1, 0.15) is 18.8 Å². The number of esters is 1. The van der Waals surface area contributed by atoms with E-state index in [9.17, 15) is 9.59 Å². The molecular weight excluding hydrogens is 254 g/mol.